The first-order valence-corrected chi connectivity index (χ1v) is 8.96. The highest BCUT2D eigenvalue weighted by atomic mass is 32.1. The van der Waals surface area contributed by atoms with E-state index in [9.17, 15) is 4.79 Å². The smallest absolute Gasteiger partial charge is 0.222 e. The van der Waals surface area contributed by atoms with Crippen LogP contribution in [0, 0.1) is 0 Å². The van der Waals surface area contributed by atoms with E-state index >= 15 is 0 Å². The fourth-order valence-corrected chi connectivity index (χ4v) is 3.08. The van der Waals surface area contributed by atoms with Gasteiger partial charge in [-0.25, -0.2) is 4.98 Å². The lowest BCUT2D eigenvalue weighted by Gasteiger charge is -2.19. The molecule has 0 aliphatic carbocycles. The summed E-state index contributed by atoms with van der Waals surface area (Å²) in [6.07, 6.45) is 3.27. The second-order valence-electron chi connectivity index (χ2n) is 6.08. The molecule has 26 heavy (non-hydrogen) atoms. The number of carbonyl (C=O) groups excluding carboxylic acids is 1. The Labute approximate surface area is 158 Å². The minimum atomic E-state index is 0.233. The summed E-state index contributed by atoms with van der Waals surface area (Å²) in [5.74, 6) is 0.789. The van der Waals surface area contributed by atoms with E-state index in [-0.39, 0.29) is 5.91 Å². The number of ether oxygens (including phenoxy) is 1. The summed E-state index contributed by atoms with van der Waals surface area (Å²) >= 11 is 5.36. The molecular weight excluding hydrogens is 348 g/mol. The van der Waals surface area contributed by atoms with E-state index in [1.165, 1.54) is 0 Å². The van der Waals surface area contributed by atoms with Crippen molar-refractivity contribution < 1.29 is 9.53 Å². The van der Waals surface area contributed by atoms with Gasteiger partial charge in [-0.15, -0.1) is 0 Å². The summed E-state index contributed by atoms with van der Waals surface area (Å²) in [5, 5.41) is 6.83. The molecule has 1 saturated heterocycles. The number of carbonyl (C=O) groups is 1. The van der Waals surface area contributed by atoms with Crippen molar-refractivity contribution in [1.82, 2.24) is 15.2 Å². The molecule has 0 bridgehead atoms. The minimum Gasteiger partial charge on any atom is -0.481 e. The molecule has 1 fully saturated rings. The predicted octanol–water partition coefficient (Wildman–Crippen LogP) is 2.70. The maximum Gasteiger partial charge on any atom is 0.222 e. The lowest BCUT2D eigenvalue weighted by Crippen LogP contribution is -2.29. The molecule has 0 atom stereocenters. The van der Waals surface area contributed by atoms with Gasteiger partial charge >= 0.3 is 0 Å². The molecule has 6 nitrogen and oxygen atoms in total. The van der Waals surface area contributed by atoms with Crippen LogP contribution in [0.1, 0.15) is 24.0 Å². The normalized spacial score (nSPS) is 13.6. The molecule has 0 radical (unpaired) electrons. The third kappa shape index (κ3) is 4.70. The Kier molecular flexibility index (Phi) is 6.01. The first-order chi connectivity index (χ1) is 12.7. The van der Waals surface area contributed by atoms with Gasteiger partial charge in [0.1, 0.15) is 0 Å². The van der Waals surface area contributed by atoms with E-state index in [0.29, 0.717) is 30.5 Å². The highest BCUT2D eigenvalue weighted by molar-refractivity contribution is 7.80. The van der Waals surface area contributed by atoms with Gasteiger partial charge in [-0.05, 0) is 35.8 Å². The number of nitrogens with one attached hydrogen (secondary N) is 2. The lowest BCUT2D eigenvalue weighted by molar-refractivity contribution is -0.128. The van der Waals surface area contributed by atoms with Crippen LogP contribution in [0.4, 0.5) is 5.69 Å². The molecule has 1 aliphatic heterocycles. The second kappa shape index (κ2) is 8.62. The van der Waals surface area contributed by atoms with Gasteiger partial charge in [0.05, 0.1) is 19.0 Å². The van der Waals surface area contributed by atoms with E-state index in [1.807, 2.05) is 23.1 Å². The second-order valence-corrected chi connectivity index (χ2v) is 6.49. The number of benzene rings is 1. The molecule has 2 heterocycles. The zero-order chi connectivity index (χ0) is 18.4. The summed E-state index contributed by atoms with van der Waals surface area (Å²) in [7, 11) is 1.58. The highest BCUT2D eigenvalue weighted by Crippen LogP contribution is 2.17. The number of aromatic nitrogens is 1. The first kappa shape index (κ1) is 18.1. The maximum atomic E-state index is 11.9. The summed E-state index contributed by atoms with van der Waals surface area (Å²) in [5.41, 5.74) is 3.06. The van der Waals surface area contributed by atoms with Crippen LogP contribution < -0.4 is 15.4 Å². The largest absolute Gasteiger partial charge is 0.481 e. The van der Waals surface area contributed by atoms with Crippen LogP contribution in [0.25, 0.3) is 0 Å². The number of methoxy groups -OCH3 is 1. The van der Waals surface area contributed by atoms with E-state index < -0.39 is 0 Å². The molecule has 1 aromatic carbocycles. The highest BCUT2D eigenvalue weighted by Gasteiger charge is 2.20. The van der Waals surface area contributed by atoms with Crippen molar-refractivity contribution in [3.8, 4) is 5.88 Å². The molecule has 1 amide bonds. The SMILES string of the molecule is COc1ccc(NC(=S)NCc2ccccc2CN2CCCC2=O)cn1. The van der Waals surface area contributed by atoms with Crippen molar-refractivity contribution in [3.05, 3.63) is 53.7 Å². The van der Waals surface area contributed by atoms with Crippen molar-refractivity contribution in [2.75, 3.05) is 19.0 Å². The summed E-state index contributed by atoms with van der Waals surface area (Å²) in [6.45, 7) is 2.08. The predicted molar refractivity (Wildman–Crippen MR) is 105 cm³/mol. The standard InChI is InChI=1S/C19H22N4O2S/c1-25-17-9-8-16(12-20-17)22-19(26)21-11-14-5-2-3-6-15(14)13-23-10-4-7-18(23)24/h2-3,5-6,8-9,12H,4,7,10-11,13H2,1H3,(H2,21,22,26). The molecule has 3 rings (SSSR count). The number of anilines is 1. The van der Waals surface area contributed by atoms with Crippen LogP contribution in [0.3, 0.4) is 0 Å². The molecule has 1 aliphatic rings. The molecule has 2 aromatic rings. The maximum absolute atomic E-state index is 11.9. The van der Waals surface area contributed by atoms with Gasteiger partial charge in [-0.1, -0.05) is 24.3 Å². The van der Waals surface area contributed by atoms with Crippen LogP contribution in [0.15, 0.2) is 42.6 Å². The molecule has 0 saturated carbocycles. The molecule has 0 spiro atoms. The van der Waals surface area contributed by atoms with Crippen molar-refractivity contribution in [2.24, 2.45) is 0 Å². The molecule has 136 valence electrons. The van der Waals surface area contributed by atoms with Crippen LogP contribution in [-0.4, -0.2) is 34.6 Å². The minimum absolute atomic E-state index is 0.233. The number of pyridine rings is 1. The number of amides is 1. The van der Waals surface area contributed by atoms with Crippen LogP contribution >= 0.6 is 12.2 Å². The van der Waals surface area contributed by atoms with Gasteiger partial charge in [-0.2, -0.15) is 0 Å². The van der Waals surface area contributed by atoms with Crippen LogP contribution in [0.2, 0.25) is 0 Å². The van der Waals surface area contributed by atoms with Crippen molar-refractivity contribution in [3.63, 3.8) is 0 Å². The fraction of sp³-hybridized carbons (Fsp3) is 0.316. The molecular formula is C19H22N4O2S. The monoisotopic (exact) mass is 370 g/mol. The summed E-state index contributed by atoms with van der Waals surface area (Å²) in [4.78, 5) is 17.9. The Morgan fingerprint density at radius 1 is 1.27 bits per heavy atom. The van der Waals surface area contributed by atoms with E-state index in [0.717, 1.165) is 29.8 Å². The van der Waals surface area contributed by atoms with E-state index in [2.05, 4.69) is 27.8 Å². The number of hydrogen-bond acceptors (Lipinski definition) is 4. The average molecular weight is 370 g/mol. The lowest BCUT2D eigenvalue weighted by atomic mass is 10.1. The number of hydrogen-bond donors (Lipinski definition) is 2. The van der Waals surface area contributed by atoms with Crippen molar-refractivity contribution in [2.45, 2.75) is 25.9 Å². The first-order valence-electron chi connectivity index (χ1n) is 8.55. The van der Waals surface area contributed by atoms with Crippen molar-refractivity contribution >= 4 is 28.9 Å². The molecule has 2 N–H and O–H groups in total. The topological polar surface area (TPSA) is 66.5 Å². The van der Waals surface area contributed by atoms with Gasteiger partial charge in [0.2, 0.25) is 11.8 Å². The zero-order valence-corrected chi connectivity index (χ0v) is 15.5. The molecule has 7 heteroatoms. The van der Waals surface area contributed by atoms with Gasteiger partial charge in [0, 0.05) is 32.1 Å². The number of likely N-dealkylation sites (tertiary alicyclic amines) is 1. The van der Waals surface area contributed by atoms with Gasteiger partial charge in [-0.3, -0.25) is 4.79 Å². The summed E-state index contributed by atoms with van der Waals surface area (Å²) < 4.78 is 5.04. The Bertz CT molecular complexity index is 779. The Balaban J connectivity index is 1.56. The fourth-order valence-electron chi connectivity index (χ4n) is 2.89. The van der Waals surface area contributed by atoms with Crippen LogP contribution in [-0.2, 0) is 17.9 Å². The average Bonchev–Trinajstić information content (AvgIpc) is 3.06. The quantitative estimate of drug-likeness (QED) is 0.762. The van der Waals surface area contributed by atoms with E-state index in [4.69, 9.17) is 17.0 Å². The Morgan fingerprint density at radius 2 is 2.08 bits per heavy atom. The molecule has 1 aromatic heterocycles. The van der Waals surface area contributed by atoms with Crippen molar-refractivity contribution in [1.29, 1.82) is 0 Å². The van der Waals surface area contributed by atoms with E-state index in [1.54, 1.807) is 19.4 Å². The Morgan fingerprint density at radius 3 is 2.73 bits per heavy atom. The number of rotatable bonds is 6. The third-order valence-electron chi connectivity index (χ3n) is 4.29. The third-order valence-corrected chi connectivity index (χ3v) is 4.54. The Hall–Kier alpha value is -2.67. The van der Waals surface area contributed by atoms with Gasteiger partial charge in [0.15, 0.2) is 5.11 Å². The number of thiocarbonyl (C=S) groups is 1. The van der Waals surface area contributed by atoms with Gasteiger partial charge in [0.25, 0.3) is 0 Å². The summed E-state index contributed by atoms with van der Waals surface area (Å²) in [6, 6.07) is 11.7. The zero-order valence-electron chi connectivity index (χ0n) is 14.7. The van der Waals surface area contributed by atoms with Gasteiger partial charge < -0.3 is 20.3 Å². The van der Waals surface area contributed by atoms with Crippen LogP contribution in [0.5, 0.6) is 5.88 Å². The number of nitrogens with zero attached hydrogens (tertiary/aromatic N) is 2. The molecule has 0 unspecified atom stereocenters.